The lowest BCUT2D eigenvalue weighted by Gasteiger charge is -2.04. The molecule has 0 saturated heterocycles. The molecule has 0 fully saturated rings. The maximum absolute atomic E-state index is 9.28. The minimum Gasteiger partial charge on any atom is -0.508 e. The molecule has 0 amide bonds. The Hall–Kier alpha value is -1.55. The number of ether oxygens (including phenoxy) is 1. The molecule has 1 aliphatic rings. The maximum atomic E-state index is 9.28. The van der Waals surface area contributed by atoms with Crippen LogP contribution in [0.4, 0.5) is 0 Å². The van der Waals surface area contributed by atoms with Gasteiger partial charge in [-0.3, -0.25) is 0 Å². The van der Waals surface area contributed by atoms with E-state index in [2.05, 4.69) is 4.99 Å². The van der Waals surface area contributed by atoms with Crippen LogP contribution in [0.1, 0.15) is 11.6 Å². The lowest BCUT2D eigenvalue weighted by molar-refractivity contribution is 0.314. The van der Waals surface area contributed by atoms with Crippen molar-refractivity contribution >= 4 is 5.90 Å². The average Bonchev–Trinajstić information content (AvgIpc) is 2.66. The first kappa shape index (κ1) is 9.02. The minimum absolute atomic E-state index is 0.0272. The van der Waals surface area contributed by atoms with E-state index in [4.69, 9.17) is 10.5 Å². The fourth-order valence-electron chi connectivity index (χ4n) is 1.44. The first-order valence-electron chi connectivity index (χ1n) is 4.48. The molecule has 0 aliphatic carbocycles. The molecule has 4 nitrogen and oxygen atoms in total. The summed E-state index contributed by atoms with van der Waals surface area (Å²) in [4.78, 5) is 4.28. The van der Waals surface area contributed by atoms with Crippen LogP contribution in [0.15, 0.2) is 29.3 Å². The van der Waals surface area contributed by atoms with Crippen LogP contribution in [0.2, 0.25) is 0 Å². The van der Waals surface area contributed by atoms with Gasteiger partial charge in [-0.05, 0) is 17.7 Å². The van der Waals surface area contributed by atoms with Gasteiger partial charge < -0.3 is 15.6 Å². The van der Waals surface area contributed by atoms with Gasteiger partial charge in [-0.25, -0.2) is 4.99 Å². The van der Waals surface area contributed by atoms with E-state index in [1.165, 1.54) is 0 Å². The van der Waals surface area contributed by atoms with Crippen LogP contribution in [-0.2, 0) is 4.74 Å². The van der Waals surface area contributed by atoms with Crippen molar-refractivity contribution in [2.75, 3.05) is 13.2 Å². The summed E-state index contributed by atoms with van der Waals surface area (Å²) in [5, 5.41) is 9.28. The van der Waals surface area contributed by atoms with Crippen LogP contribution in [0.25, 0.3) is 0 Å². The van der Waals surface area contributed by atoms with Crippen LogP contribution in [0.5, 0.6) is 5.75 Å². The molecule has 1 unspecified atom stereocenters. The van der Waals surface area contributed by atoms with Crippen LogP contribution < -0.4 is 5.73 Å². The first-order chi connectivity index (χ1) is 6.79. The van der Waals surface area contributed by atoms with Gasteiger partial charge in [0, 0.05) is 0 Å². The molecule has 4 heteroatoms. The maximum Gasteiger partial charge on any atom is 0.198 e. The monoisotopic (exact) mass is 192 g/mol. The Labute approximate surface area is 82.0 Å². The minimum atomic E-state index is -0.0272. The number of benzene rings is 1. The van der Waals surface area contributed by atoms with E-state index in [9.17, 15) is 5.11 Å². The van der Waals surface area contributed by atoms with Gasteiger partial charge in [0.25, 0.3) is 0 Å². The Morgan fingerprint density at radius 3 is 3.07 bits per heavy atom. The summed E-state index contributed by atoms with van der Waals surface area (Å²) < 4.78 is 5.25. The highest BCUT2D eigenvalue weighted by molar-refractivity contribution is 5.79. The molecule has 3 N–H and O–H groups in total. The second-order valence-corrected chi connectivity index (χ2v) is 3.15. The predicted octanol–water partition coefficient (Wildman–Crippen LogP) is 0.821. The molecule has 1 aromatic carbocycles. The van der Waals surface area contributed by atoms with Crippen molar-refractivity contribution in [3.05, 3.63) is 29.8 Å². The molecule has 14 heavy (non-hydrogen) atoms. The summed E-state index contributed by atoms with van der Waals surface area (Å²) in [6, 6.07) is 7.00. The van der Waals surface area contributed by atoms with Crippen LogP contribution in [-0.4, -0.2) is 24.2 Å². The average molecular weight is 192 g/mol. The highest BCUT2D eigenvalue weighted by Crippen LogP contribution is 2.25. The zero-order chi connectivity index (χ0) is 9.97. The van der Waals surface area contributed by atoms with Crippen molar-refractivity contribution in [3.8, 4) is 5.75 Å². The Morgan fingerprint density at radius 1 is 1.57 bits per heavy atom. The summed E-state index contributed by atoms with van der Waals surface area (Å²) in [5.74, 6) is 0.831. The lowest BCUT2D eigenvalue weighted by Crippen LogP contribution is -2.13. The number of hydrogen-bond acceptors (Lipinski definition) is 4. The smallest absolute Gasteiger partial charge is 0.198 e. The molecule has 1 aliphatic heterocycles. The summed E-state index contributed by atoms with van der Waals surface area (Å²) >= 11 is 0. The van der Waals surface area contributed by atoms with Gasteiger partial charge in [0.1, 0.15) is 18.4 Å². The third-order valence-electron chi connectivity index (χ3n) is 2.14. The zero-order valence-electron chi connectivity index (χ0n) is 7.68. The molecule has 1 heterocycles. The standard InChI is InChI=1S/C10H12N2O2/c11-5-10-12-9(6-14-10)7-2-1-3-8(13)4-7/h1-4,9,13H,5-6,11H2. The van der Waals surface area contributed by atoms with E-state index < -0.39 is 0 Å². The third kappa shape index (κ3) is 1.70. The molecule has 1 atom stereocenters. The van der Waals surface area contributed by atoms with E-state index in [0.29, 0.717) is 19.0 Å². The second-order valence-electron chi connectivity index (χ2n) is 3.15. The van der Waals surface area contributed by atoms with Crippen molar-refractivity contribution in [1.82, 2.24) is 0 Å². The lowest BCUT2D eigenvalue weighted by atomic mass is 10.1. The second kappa shape index (κ2) is 3.67. The summed E-state index contributed by atoms with van der Waals surface area (Å²) in [5.41, 5.74) is 6.35. The van der Waals surface area contributed by atoms with E-state index >= 15 is 0 Å². The van der Waals surface area contributed by atoms with Crippen molar-refractivity contribution in [3.63, 3.8) is 0 Å². The highest BCUT2D eigenvalue weighted by atomic mass is 16.5. The summed E-state index contributed by atoms with van der Waals surface area (Å²) in [6.45, 7) is 0.839. The van der Waals surface area contributed by atoms with Crippen molar-refractivity contribution in [1.29, 1.82) is 0 Å². The van der Waals surface area contributed by atoms with Crippen LogP contribution >= 0.6 is 0 Å². The molecule has 0 spiro atoms. The molecule has 0 radical (unpaired) electrons. The molecule has 74 valence electrons. The van der Waals surface area contributed by atoms with Gasteiger partial charge in [0.05, 0.1) is 6.54 Å². The zero-order valence-corrected chi connectivity index (χ0v) is 7.68. The van der Waals surface area contributed by atoms with Gasteiger partial charge in [-0.2, -0.15) is 0 Å². The Kier molecular flexibility index (Phi) is 2.37. The highest BCUT2D eigenvalue weighted by Gasteiger charge is 2.19. The first-order valence-corrected chi connectivity index (χ1v) is 4.48. The van der Waals surface area contributed by atoms with Crippen molar-refractivity contribution < 1.29 is 9.84 Å². The largest absolute Gasteiger partial charge is 0.508 e. The number of rotatable bonds is 2. The fourth-order valence-corrected chi connectivity index (χ4v) is 1.44. The molecular weight excluding hydrogens is 180 g/mol. The SMILES string of the molecule is NCC1=NC(c2cccc(O)c2)CO1. The van der Waals surface area contributed by atoms with Gasteiger partial charge in [-0.15, -0.1) is 0 Å². The topological polar surface area (TPSA) is 67.8 Å². The quantitative estimate of drug-likeness (QED) is 0.729. The van der Waals surface area contributed by atoms with Crippen molar-refractivity contribution in [2.24, 2.45) is 10.7 Å². The molecular formula is C10H12N2O2. The molecule has 1 aromatic rings. The molecule has 0 aromatic heterocycles. The van der Waals surface area contributed by atoms with Gasteiger partial charge >= 0.3 is 0 Å². The van der Waals surface area contributed by atoms with Crippen molar-refractivity contribution in [2.45, 2.75) is 6.04 Å². The van der Waals surface area contributed by atoms with Gasteiger partial charge in [0.15, 0.2) is 5.90 Å². The predicted molar refractivity (Wildman–Crippen MR) is 53.3 cm³/mol. The number of aromatic hydroxyl groups is 1. The number of phenols is 1. The number of hydrogen-bond donors (Lipinski definition) is 2. The van der Waals surface area contributed by atoms with E-state index in [0.717, 1.165) is 5.56 Å². The Balaban J connectivity index is 2.21. The van der Waals surface area contributed by atoms with E-state index in [-0.39, 0.29) is 11.8 Å². The number of nitrogens with two attached hydrogens (primary N) is 1. The Morgan fingerprint density at radius 2 is 2.43 bits per heavy atom. The number of phenolic OH excluding ortho intramolecular Hbond substituents is 1. The summed E-state index contributed by atoms with van der Waals surface area (Å²) in [6.07, 6.45) is 0. The number of nitrogens with zero attached hydrogens (tertiary/aromatic N) is 1. The van der Waals surface area contributed by atoms with E-state index in [1.54, 1.807) is 18.2 Å². The third-order valence-corrected chi connectivity index (χ3v) is 2.14. The van der Waals surface area contributed by atoms with Gasteiger partial charge in [0.2, 0.25) is 0 Å². The normalized spacial score (nSPS) is 20.4. The summed E-state index contributed by atoms with van der Waals surface area (Å²) in [7, 11) is 0. The van der Waals surface area contributed by atoms with E-state index in [1.807, 2.05) is 6.07 Å². The fraction of sp³-hybridized carbons (Fsp3) is 0.300. The Bertz CT molecular complexity index is 363. The molecule has 0 saturated carbocycles. The molecule has 2 rings (SSSR count). The molecule has 0 bridgehead atoms. The van der Waals surface area contributed by atoms with Crippen LogP contribution in [0, 0.1) is 0 Å². The van der Waals surface area contributed by atoms with Crippen LogP contribution in [0.3, 0.4) is 0 Å². The van der Waals surface area contributed by atoms with Gasteiger partial charge in [-0.1, -0.05) is 12.1 Å². The number of aliphatic imine (C=N–C) groups is 1.